The largest absolute Gasteiger partial charge is 0.330 e. The summed E-state index contributed by atoms with van der Waals surface area (Å²) in [6, 6.07) is 13.4. The van der Waals surface area contributed by atoms with Crippen molar-refractivity contribution in [2.45, 2.75) is 26.3 Å². The number of rotatable bonds is 6. The smallest absolute Gasteiger partial charge is 0.248 e. The molecule has 1 N–H and O–H groups in total. The number of carbonyl (C=O) groups excluding carboxylic acids is 1. The Kier molecular flexibility index (Phi) is 5.59. The van der Waals surface area contributed by atoms with Crippen molar-refractivity contribution in [3.05, 3.63) is 84.2 Å². The number of aromatic nitrogens is 3. The molecule has 0 atom stereocenters. The number of benzene rings is 1. The molecule has 2 aromatic heterocycles. The van der Waals surface area contributed by atoms with Crippen LogP contribution in [0.5, 0.6) is 0 Å². The fraction of sp³-hybridized carbons (Fsp3) is 0.190. The Morgan fingerprint density at radius 3 is 2.81 bits per heavy atom. The van der Waals surface area contributed by atoms with Crippen LogP contribution in [-0.2, 0) is 11.3 Å². The van der Waals surface area contributed by atoms with E-state index in [0.29, 0.717) is 5.92 Å². The summed E-state index contributed by atoms with van der Waals surface area (Å²) in [7, 11) is 0. The number of hydrogen-bond donors (Lipinski definition) is 1. The zero-order valence-electron chi connectivity index (χ0n) is 15.0. The molecule has 0 aliphatic rings. The molecule has 1 amide bonds. The third-order valence-electron chi connectivity index (χ3n) is 3.90. The van der Waals surface area contributed by atoms with Crippen LogP contribution < -0.4 is 5.32 Å². The summed E-state index contributed by atoms with van der Waals surface area (Å²) in [6.07, 6.45) is 8.68. The van der Waals surface area contributed by atoms with E-state index in [1.807, 2.05) is 54.9 Å². The maximum absolute atomic E-state index is 12.1. The van der Waals surface area contributed by atoms with Crippen molar-refractivity contribution < 1.29 is 4.79 Å². The van der Waals surface area contributed by atoms with E-state index in [0.717, 1.165) is 29.3 Å². The molecule has 26 heavy (non-hydrogen) atoms. The number of imidazole rings is 1. The fourth-order valence-electron chi connectivity index (χ4n) is 2.72. The Bertz CT molecular complexity index is 897. The van der Waals surface area contributed by atoms with Crippen LogP contribution in [0.4, 0.5) is 5.69 Å². The molecule has 1 aromatic carbocycles. The van der Waals surface area contributed by atoms with Crippen LogP contribution in [0.1, 0.15) is 36.8 Å². The summed E-state index contributed by atoms with van der Waals surface area (Å²) in [5, 5.41) is 2.89. The molecule has 132 valence electrons. The van der Waals surface area contributed by atoms with Crippen molar-refractivity contribution in [3.8, 4) is 0 Å². The first-order valence-corrected chi connectivity index (χ1v) is 8.62. The van der Waals surface area contributed by atoms with Gasteiger partial charge in [-0.1, -0.05) is 32.0 Å². The van der Waals surface area contributed by atoms with Crippen LogP contribution in [0, 0.1) is 0 Å². The number of pyridine rings is 1. The van der Waals surface area contributed by atoms with Crippen LogP contribution in [0.3, 0.4) is 0 Å². The second-order valence-corrected chi connectivity index (χ2v) is 6.35. The highest BCUT2D eigenvalue weighted by molar-refractivity contribution is 6.01. The maximum Gasteiger partial charge on any atom is 0.248 e. The molecule has 0 saturated heterocycles. The zero-order chi connectivity index (χ0) is 18.4. The van der Waals surface area contributed by atoms with Gasteiger partial charge >= 0.3 is 0 Å². The molecule has 0 aliphatic heterocycles. The lowest BCUT2D eigenvalue weighted by Gasteiger charge is -2.11. The minimum absolute atomic E-state index is 0.182. The molecular formula is C21H22N4O. The van der Waals surface area contributed by atoms with Crippen LogP contribution in [0.2, 0.25) is 0 Å². The monoisotopic (exact) mass is 346 g/mol. The van der Waals surface area contributed by atoms with Gasteiger partial charge in [-0.2, -0.15) is 0 Å². The second kappa shape index (κ2) is 8.25. The van der Waals surface area contributed by atoms with Gasteiger partial charge < -0.3 is 9.88 Å². The van der Waals surface area contributed by atoms with Crippen molar-refractivity contribution in [3.63, 3.8) is 0 Å². The highest BCUT2D eigenvalue weighted by Gasteiger charge is 2.08. The van der Waals surface area contributed by atoms with Crippen LogP contribution in [0.25, 0.3) is 6.08 Å². The molecule has 2 heterocycles. The van der Waals surface area contributed by atoms with Gasteiger partial charge in [0.25, 0.3) is 0 Å². The Morgan fingerprint density at radius 1 is 1.15 bits per heavy atom. The van der Waals surface area contributed by atoms with E-state index in [2.05, 4.69) is 33.7 Å². The van der Waals surface area contributed by atoms with Gasteiger partial charge in [0.05, 0.1) is 5.69 Å². The van der Waals surface area contributed by atoms with Crippen LogP contribution in [0.15, 0.2) is 67.1 Å². The Morgan fingerprint density at radius 2 is 2.04 bits per heavy atom. The normalized spacial score (nSPS) is 11.2. The molecule has 0 fully saturated rings. The predicted octanol–water partition coefficient (Wildman–Crippen LogP) is 4.10. The van der Waals surface area contributed by atoms with E-state index in [1.165, 1.54) is 6.08 Å². The topological polar surface area (TPSA) is 59.8 Å². The van der Waals surface area contributed by atoms with Gasteiger partial charge in [-0.25, -0.2) is 4.98 Å². The molecule has 0 radical (unpaired) electrons. The summed E-state index contributed by atoms with van der Waals surface area (Å²) >= 11 is 0. The Labute approximate surface area is 153 Å². The van der Waals surface area contributed by atoms with Gasteiger partial charge in [0, 0.05) is 42.8 Å². The minimum atomic E-state index is -0.182. The average Bonchev–Trinajstić information content (AvgIpc) is 3.09. The third kappa shape index (κ3) is 4.66. The average molecular weight is 346 g/mol. The number of amides is 1. The van der Waals surface area contributed by atoms with Gasteiger partial charge in [-0.05, 0) is 35.9 Å². The molecule has 0 bridgehead atoms. The van der Waals surface area contributed by atoms with Crippen molar-refractivity contribution in [1.29, 1.82) is 0 Å². The third-order valence-corrected chi connectivity index (χ3v) is 3.90. The summed E-state index contributed by atoms with van der Waals surface area (Å²) in [5.74, 6) is 1.24. The molecule has 5 nitrogen and oxygen atoms in total. The molecule has 0 saturated carbocycles. The van der Waals surface area contributed by atoms with E-state index < -0.39 is 0 Å². The minimum Gasteiger partial charge on any atom is -0.330 e. The number of nitrogens with one attached hydrogen (secondary N) is 1. The van der Waals surface area contributed by atoms with E-state index >= 15 is 0 Å². The van der Waals surface area contributed by atoms with Crippen molar-refractivity contribution in [1.82, 2.24) is 14.5 Å². The number of anilines is 1. The van der Waals surface area contributed by atoms with Gasteiger partial charge in [-0.3, -0.25) is 9.78 Å². The van der Waals surface area contributed by atoms with E-state index in [1.54, 1.807) is 12.3 Å². The molecule has 0 spiro atoms. The Hall–Kier alpha value is -3.21. The van der Waals surface area contributed by atoms with E-state index in [9.17, 15) is 4.79 Å². The van der Waals surface area contributed by atoms with Crippen LogP contribution >= 0.6 is 0 Å². The lowest BCUT2D eigenvalue weighted by molar-refractivity contribution is -0.111. The molecule has 3 rings (SSSR count). The number of carbonyl (C=O) groups is 1. The van der Waals surface area contributed by atoms with E-state index in [4.69, 9.17) is 0 Å². The molecular weight excluding hydrogens is 324 g/mol. The predicted molar refractivity (Wildman–Crippen MR) is 104 cm³/mol. The number of hydrogen-bond acceptors (Lipinski definition) is 3. The Balaban J connectivity index is 1.66. The van der Waals surface area contributed by atoms with Gasteiger partial charge in [0.1, 0.15) is 5.82 Å². The SMILES string of the molecule is CC(C)c1nccn1Cc1cccc(NC(=O)/C=C/c2ccccn2)c1. The number of nitrogens with zero attached hydrogens (tertiary/aromatic N) is 3. The zero-order valence-corrected chi connectivity index (χ0v) is 15.0. The first kappa shape index (κ1) is 17.6. The van der Waals surface area contributed by atoms with Gasteiger partial charge in [0.15, 0.2) is 0 Å². The summed E-state index contributed by atoms with van der Waals surface area (Å²) in [6.45, 7) is 4.98. The standard InChI is InChI=1S/C21H22N4O/c1-16(2)21-23-12-13-25(21)15-17-6-5-8-19(14-17)24-20(26)10-9-18-7-3-4-11-22-18/h3-14,16H,15H2,1-2H3,(H,24,26)/b10-9+. The fourth-order valence-corrected chi connectivity index (χ4v) is 2.72. The quantitative estimate of drug-likeness (QED) is 0.684. The van der Waals surface area contributed by atoms with E-state index in [-0.39, 0.29) is 5.91 Å². The first-order chi connectivity index (χ1) is 12.6. The summed E-state index contributed by atoms with van der Waals surface area (Å²) in [4.78, 5) is 20.7. The van der Waals surface area contributed by atoms with Gasteiger partial charge in [0.2, 0.25) is 5.91 Å². The van der Waals surface area contributed by atoms with Gasteiger partial charge in [-0.15, -0.1) is 0 Å². The maximum atomic E-state index is 12.1. The second-order valence-electron chi connectivity index (χ2n) is 6.35. The molecule has 5 heteroatoms. The van der Waals surface area contributed by atoms with Crippen molar-refractivity contribution in [2.75, 3.05) is 5.32 Å². The highest BCUT2D eigenvalue weighted by Crippen LogP contribution is 2.16. The van der Waals surface area contributed by atoms with Crippen LogP contribution in [-0.4, -0.2) is 20.4 Å². The summed E-state index contributed by atoms with van der Waals surface area (Å²) < 4.78 is 2.13. The molecule has 3 aromatic rings. The first-order valence-electron chi connectivity index (χ1n) is 8.62. The lowest BCUT2D eigenvalue weighted by atomic mass is 10.1. The molecule has 0 aliphatic carbocycles. The summed E-state index contributed by atoms with van der Waals surface area (Å²) in [5.41, 5.74) is 2.62. The lowest BCUT2D eigenvalue weighted by Crippen LogP contribution is -2.09. The molecule has 0 unspecified atom stereocenters. The highest BCUT2D eigenvalue weighted by atomic mass is 16.1. The van der Waals surface area contributed by atoms with Crippen molar-refractivity contribution >= 4 is 17.7 Å². The van der Waals surface area contributed by atoms with Crippen molar-refractivity contribution in [2.24, 2.45) is 0 Å².